The second-order valence-corrected chi connectivity index (χ2v) is 5.56. The van der Waals surface area contributed by atoms with Gasteiger partial charge in [0.1, 0.15) is 5.82 Å². The van der Waals surface area contributed by atoms with Crippen LogP contribution in [0.1, 0.15) is 18.4 Å². The first-order valence-electron chi connectivity index (χ1n) is 7.32. The Balaban J connectivity index is 1.49. The zero-order chi connectivity index (χ0) is 15.6. The third kappa shape index (κ3) is 3.43. The van der Waals surface area contributed by atoms with Crippen LogP contribution in [0.4, 0.5) is 13.2 Å². The molecule has 2 heterocycles. The lowest BCUT2D eigenvalue weighted by atomic mass is 10.1. The molecule has 0 amide bonds. The number of halogens is 3. The van der Waals surface area contributed by atoms with E-state index in [-0.39, 0.29) is 18.2 Å². The molecule has 1 unspecified atom stereocenters. The number of ether oxygens (including phenoxy) is 3. The average Bonchev–Trinajstić information content (AvgIpc) is 2.88. The maximum Gasteiger partial charge on any atom is 0.173 e. The summed E-state index contributed by atoms with van der Waals surface area (Å²) < 4.78 is 56.4. The molecule has 122 valence electrons. The van der Waals surface area contributed by atoms with Crippen molar-refractivity contribution in [1.82, 2.24) is 5.32 Å². The zero-order valence-corrected chi connectivity index (χ0v) is 12.0. The first-order valence-corrected chi connectivity index (χ1v) is 7.32. The summed E-state index contributed by atoms with van der Waals surface area (Å²) in [5, 5.41) is 2.99. The van der Waals surface area contributed by atoms with Crippen LogP contribution in [0.5, 0.6) is 0 Å². The van der Waals surface area contributed by atoms with Gasteiger partial charge in [-0.1, -0.05) is 0 Å². The molecular weight excluding hydrogens is 299 g/mol. The highest BCUT2D eigenvalue weighted by molar-refractivity contribution is 5.19. The summed E-state index contributed by atoms with van der Waals surface area (Å²) in [6.07, 6.45) is 1.24. The van der Waals surface area contributed by atoms with Crippen LogP contribution in [0, 0.1) is 17.5 Å². The van der Waals surface area contributed by atoms with Gasteiger partial charge in [0.15, 0.2) is 17.4 Å². The van der Waals surface area contributed by atoms with Crippen molar-refractivity contribution < 1.29 is 27.4 Å². The summed E-state index contributed by atoms with van der Waals surface area (Å²) in [6, 6.07) is 1.42. The molecule has 0 aliphatic carbocycles. The minimum Gasteiger partial charge on any atom is -0.381 e. The Morgan fingerprint density at radius 1 is 1.09 bits per heavy atom. The Morgan fingerprint density at radius 2 is 1.82 bits per heavy atom. The minimum absolute atomic E-state index is 0.0820. The fourth-order valence-electron chi connectivity index (χ4n) is 2.73. The van der Waals surface area contributed by atoms with Gasteiger partial charge in [0.2, 0.25) is 0 Å². The molecule has 0 aromatic heterocycles. The van der Waals surface area contributed by atoms with Crippen molar-refractivity contribution >= 4 is 0 Å². The van der Waals surface area contributed by atoms with Crippen molar-refractivity contribution in [3.05, 3.63) is 35.1 Å². The van der Waals surface area contributed by atoms with Gasteiger partial charge in [0, 0.05) is 37.6 Å². The number of nitrogens with one attached hydrogen (secondary N) is 1. The molecule has 0 radical (unpaired) electrons. The van der Waals surface area contributed by atoms with E-state index < -0.39 is 23.2 Å². The summed E-state index contributed by atoms with van der Waals surface area (Å²) >= 11 is 0. The maximum atomic E-state index is 13.5. The van der Waals surface area contributed by atoms with Crippen molar-refractivity contribution in [2.75, 3.05) is 26.4 Å². The molecule has 22 heavy (non-hydrogen) atoms. The van der Waals surface area contributed by atoms with Crippen LogP contribution in [-0.2, 0) is 20.8 Å². The molecule has 1 aromatic rings. The molecule has 2 aliphatic heterocycles. The smallest absolute Gasteiger partial charge is 0.173 e. The molecule has 0 saturated carbocycles. The van der Waals surface area contributed by atoms with Crippen LogP contribution in [0.3, 0.4) is 0 Å². The second kappa shape index (κ2) is 6.54. The van der Waals surface area contributed by atoms with Crippen LogP contribution in [0.15, 0.2) is 12.1 Å². The van der Waals surface area contributed by atoms with E-state index >= 15 is 0 Å². The highest BCUT2D eigenvalue weighted by Gasteiger charge is 2.42. The number of benzene rings is 1. The molecular formula is C15H18F3NO3. The van der Waals surface area contributed by atoms with Crippen LogP contribution in [-0.4, -0.2) is 38.3 Å². The van der Waals surface area contributed by atoms with Gasteiger partial charge in [-0.15, -0.1) is 0 Å². The van der Waals surface area contributed by atoms with Crippen LogP contribution >= 0.6 is 0 Å². The van der Waals surface area contributed by atoms with E-state index in [0.29, 0.717) is 45.3 Å². The third-order valence-corrected chi connectivity index (χ3v) is 3.95. The van der Waals surface area contributed by atoms with Crippen molar-refractivity contribution in [2.24, 2.45) is 0 Å². The SMILES string of the molecule is Fc1cc(F)c(CNCC2COC3(CCOCC3)O2)cc1F. The molecule has 4 nitrogen and oxygen atoms in total. The van der Waals surface area contributed by atoms with Crippen molar-refractivity contribution in [3.63, 3.8) is 0 Å². The molecule has 7 heteroatoms. The minimum atomic E-state index is -1.18. The highest BCUT2D eigenvalue weighted by Crippen LogP contribution is 2.32. The molecule has 2 aliphatic rings. The number of hydrogen-bond acceptors (Lipinski definition) is 4. The molecule has 1 aromatic carbocycles. The maximum absolute atomic E-state index is 13.5. The molecule has 3 rings (SSSR count). The summed E-state index contributed by atoms with van der Waals surface area (Å²) in [7, 11) is 0. The van der Waals surface area contributed by atoms with E-state index in [1.54, 1.807) is 0 Å². The van der Waals surface area contributed by atoms with E-state index in [0.717, 1.165) is 6.07 Å². The lowest BCUT2D eigenvalue weighted by molar-refractivity contribution is -0.210. The van der Waals surface area contributed by atoms with Gasteiger partial charge in [0.05, 0.1) is 25.9 Å². The van der Waals surface area contributed by atoms with Crippen LogP contribution in [0.2, 0.25) is 0 Å². The van der Waals surface area contributed by atoms with Gasteiger partial charge in [-0.05, 0) is 6.07 Å². The Morgan fingerprint density at radius 3 is 2.59 bits per heavy atom. The lowest BCUT2D eigenvalue weighted by Gasteiger charge is -2.31. The summed E-state index contributed by atoms with van der Waals surface area (Å²) in [4.78, 5) is 0. The fraction of sp³-hybridized carbons (Fsp3) is 0.600. The van der Waals surface area contributed by atoms with Gasteiger partial charge in [-0.25, -0.2) is 13.2 Å². The standard InChI is InChI=1S/C15H18F3NO3/c16-12-6-14(18)13(17)5-10(12)7-19-8-11-9-21-15(22-11)1-3-20-4-2-15/h5-6,11,19H,1-4,7-9H2. The molecule has 0 bridgehead atoms. The van der Waals surface area contributed by atoms with E-state index in [1.165, 1.54) is 0 Å². The number of rotatable bonds is 4. The van der Waals surface area contributed by atoms with Gasteiger partial charge < -0.3 is 19.5 Å². The quantitative estimate of drug-likeness (QED) is 0.864. The summed E-state index contributed by atoms with van der Waals surface area (Å²) in [5.74, 6) is -3.57. The number of hydrogen-bond donors (Lipinski definition) is 1. The Kier molecular flexibility index (Phi) is 4.67. The largest absolute Gasteiger partial charge is 0.381 e. The van der Waals surface area contributed by atoms with Crippen molar-refractivity contribution in [2.45, 2.75) is 31.3 Å². The first kappa shape index (κ1) is 15.7. The van der Waals surface area contributed by atoms with E-state index in [1.807, 2.05) is 0 Å². The fourth-order valence-corrected chi connectivity index (χ4v) is 2.73. The third-order valence-electron chi connectivity index (χ3n) is 3.95. The van der Waals surface area contributed by atoms with Gasteiger partial charge in [0.25, 0.3) is 0 Å². The predicted octanol–water partition coefficient (Wildman–Crippen LogP) is 2.12. The van der Waals surface area contributed by atoms with Crippen molar-refractivity contribution in [3.8, 4) is 0 Å². The highest BCUT2D eigenvalue weighted by atomic mass is 19.2. The molecule has 1 atom stereocenters. The second-order valence-electron chi connectivity index (χ2n) is 5.56. The van der Waals surface area contributed by atoms with E-state index in [2.05, 4.69) is 5.32 Å². The molecule has 1 spiro atoms. The van der Waals surface area contributed by atoms with Gasteiger partial charge in [-0.3, -0.25) is 0 Å². The predicted molar refractivity (Wildman–Crippen MR) is 71.6 cm³/mol. The monoisotopic (exact) mass is 317 g/mol. The van der Waals surface area contributed by atoms with Gasteiger partial charge in [-0.2, -0.15) is 0 Å². The van der Waals surface area contributed by atoms with Gasteiger partial charge >= 0.3 is 0 Å². The summed E-state index contributed by atoms with van der Waals surface area (Å²) in [6.45, 7) is 2.22. The molecule has 1 N–H and O–H groups in total. The normalized spacial score (nSPS) is 24.0. The Labute approximate surface area is 126 Å². The molecule has 2 saturated heterocycles. The van der Waals surface area contributed by atoms with E-state index in [9.17, 15) is 13.2 Å². The zero-order valence-electron chi connectivity index (χ0n) is 12.0. The Hall–Kier alpha value is -1.15. The van der Waals surface area contributed by atoms with E-state index in [4.69, 9.17) is 14.2 Å². The van der Waals surface area contributed by atoms with Crippen molar-refractivity contribution in [1.29, 1.82) is 0 Å². The van der Waals surface area contributed by atoms with Crippen LogP contribution in [0.25, 0.3) is 0 Å². The average molecular weight is 317 g/mol. The topological polar surface area (TPSA) is 39.7 Å². The molecule has 2 fully saturated rings. The lowest BCUT2D eigenvalue weighted by Crippen LogP contribution is -2.39. The van der Waals surface area contributed by atoms with Crippen LogP contribution < -0.4 is 5.32 Å². The first-order chi connectivity index (χ1) is 10.6. The summed E-state index contributed by atoms with van der Waals surface area (Å²) in [5.41, 5.74) is 0.0820. The Bertz CT molecular complexity index is 535.